The molecule has 0 saturated heterocycles. The lowest BCUT2D eigenvalue weighted by atomic mass is 9.84. The first-order valence-corrected chi connectivity index (χ1v) is 11.6. The van der Waals surface area contributed by atoms with Crippen LogP contribution in [0.15, 0.2) is 36.5 Å². The third kappa shape index (κ3) is 3.85. The van der Waals surface area contributed by atoms with Gasteiger partial charge in [-0.1, -0.05) is 29.3 Å². The summed E-state index contributed by atoms with van der Waals surface area (Å²) in [6.45, 7) is 6.38. The van der Waals surface area contributed by atoms with E-state index in [2.05, 4.69) is 20.6 Å². The maximum atomic E-state index is 15.0. The Labute approximate surface area is 206 Å². The number of rotatable bonds is 3. The van der Waals surface area contributed by atoms with Crippen LogP contribution in [0.3, 0.4) is 0 Å². The third-order valence-electron chi connectivity index (χ3n) is 6.04. The molecular weight excluding hydrogens is 480 g/mol. The van der Waals surface area contributed by atoms with Crippen molar-refractivity contribution < 1.29 is 13.9 Å². The Morgan fingerprint density at radius 3 is 2.74 bits per heavy atom. The maximum Gasteiger partial charge on any atom is 0.268 e. The van der Waals surface area contributed by atoms with Gasteiger partial charge in [0.05, 0.1) is 15.7 Å². The second-order valence-corrected chi connectivity index (χ2v) is 9.61. The number of anilines is 3. The van der Waals surface area contributed by atoms with Crippen LogP contribution < -0.4 is 20.3 Å². The lowest BCUT2D eigenvalue weighted by molar-refractivity contribution is 0.0867. The molecule has 0 radical (unpaired) electrons. The van der Waals surface area contributed by atoms with Crippen LogP contribution in [0.2, 0.25) is 10.0 Å². The molecule has 3 aromatic rings. The van der Waals surface area contributed by atoms with Crippen LogP contribution in [-0.4, -0.2) is 28.6 Å². The van der Waals surface area contributed by atoms with E-state index in [1.54, 1.807) is 25.1 Å². The standard InChI is InChI=1S/C24H22Cl2FN5O2/c1-12-32(20-16(25)5-4-6-17(20)26)22(33)15-11-28-23(31-21(15)34-12)30-14-9-13-7-8-29-24(2,3)19(13)18(27)10-14/h4-6,9-12,29H,7-8H2,1-3H3,(H,28,30,31). The number of carbonyl (C=O) groups is 1. The van der Waals surface area contributed by atoms with Gasteiger partial charge in [0, 0.05) is 23.0 Å². The van der Waals surface area contributed by atoms with E-state index in [1.165, 1.54) is 17.2 Å². The van der Waals surface area contributed by atoms with E-state index >= 15 is 0 Å². The summed E-state index contributed by atoms with van der Waals surface area (Å²) in [6.07, 6.45) is 1.38. The average Bonchev–Trinajstić information content (AvgIpc) is 2.74. The molecule has 176 valence electrons. The molecule has 0 aliphatic carbocycles. The number of fused-ring (bicyclic) bond motifs is 2. The van der Waals surface area contributed by atoms with Crippen LogP contribution in [0.4, 0.5) is 21.7 Å². The molecule has 10 heteroatoms. The molecule has 5 rings (SSSR count). The lowest BCUT2D eigenvalue weighted by Gasteiger charge is -2.35. The minimum absolute atomic E-state index is 0.123. The average molecular weight is 502 g/mol. The molecule has 1 atom stereocenters. The molecule has 2 N–H and O–H groups in total. The monoisotopic (exact) mass is 501 g/mol. The zero-order valence-electron chi connectivity index (χ0n) is 18.7. The topological polar surface area (TPSA) is 79.4 Å². The smallest absolute Gasteiger partial charge is 0.268 e. The van der Waals surface area contributed by atoms with E-state index in [0.29, 0.717) is 33.4 Å². The summed E-state index contributed by atoms with van der Waals surface area (Å²) in [4.78, 5) is 23.2. The van der Waals surface area contributed by atoms with Gasteiger partial charge >= 0.3 is 0 Å². The largest absolute Gasteiger partial charge is 0.453 e. The first-order valence-electron chi connectivity index (χ1n) is 10.8. The maximum absolute atomic E-state index is 15.0. The van der Waals surface area contributed by atoms with Gasteiger partial charge in [-0.15, -0.1) is 0 Å². The van der Waals surface area contributed by atoms with Crippen LogP contribution in [-0.2, 0) is 12.0 Å². The number of hydrogen-bond acceptors (Lipinski definition) is 6. The molecule has 0 saturated carbocycles. The Kier molecular flexibility index (Phi) is 5.62. The number of halogens is 3. The second kappa shape index (κ2) is 8.37. The summed E-state index contributed by atoms with van der Waals surface area (Å²) >= 11 is 12.6. The molecular formula is C24H22Cl2FN5O2. The van der Waals surface area contributed by atoms with Crippen LogP contribution in [0, 0.1) is 5.82 Å². The summed E-state index contributed by atoms with van der Waals surface area (Å²) in [6, 6.07) is 8.32. The highest BCUT2D eigenvalue weighted by Gasteiger charge is 2.36. The van der Waals surface area contributed by atoms with Gasteiger partial charge in [0.15, 0.2) is 6.23 Å². The Hall–Kier alpha value is -2.94. The summed E-state index contributed by atoms with van der Waals surface area (Å²) in [5, 5.41) is 7.02. The highest BCUT2D eigenvalue weighted by molar-refractivity contribution is 6.40. The molecule has 2 aromatic carbocycles. The van der Waals surface area contributed by atoms with Gasteiger partial charge in [-0.2, -0.15) is 4.98 Å². The van der Waals surface area contributed by atoms with Crippen molar-refractivity contribution in [3.05, 3.63) is 69.1 Å². The number of amides is 1. The van der Waals surface area contributed by atoms with Crippen molar-refractivity contribution in [2.75, 3.05) is 16.8 Å². The Bertz CT molecular complexity index is 1300. The Morgan fingerprint density at radius 2 is 2.00 bits per heavy atom. The highest BCUT2D eigenvalue weighted by atomic mass is 35.5. The zero-order chi connectivity index (χ0) is 24.2. The highest BCUT2D eigenvalue weighted by Crippen LogP contribution is 2.39. The molecule has 34 heavy (non-hydrogen) atoms. The van der Waals surface area contributed by atoms with Crippen molar-refractivity contribution in [2.24, 2.45) is 0 Å². The number of nitrogens with zero attached hydrogens (tertiary/aromatic N) is 3. The number of nitrogens with one attached hydrogen (secondary N) is 2. The van der Waals surface area contributed by atoms with Crippen molar-refractivity contribution in [3.63, 3.8) is 0 Å². The predicted octanol–water partition coefficient (Wildman–Crippen LogP) is 5.43. The first-order chi connectivity index (χ1) is 16.2. The minimum Gasteiger partial charge on any atom is -0.453 e. The molecule has 2 aliphatic heterocycles. The van der Waals surface area contributed by atoms with E-state index in [0.717, 1.165) is 12.1 Å². The Balaban J connectivity index is 1.45. The number of para-hydroxylation sites is 1. The molecule has 7 nitrogen and oxygen atoms in total. The van der Waals surface area contributed by atoms with Gasteiger partial charge < -0.3 is 15.4 Å². The zero-order valence-corrected chi connectivity index (χ0v) is 20.3. The number of aromatic nitrogens is 2. The normalized spacial score (nSPS) is 18.7. The number of hydrogen-bond donors (Lipinski definition) is 2. The van der Waals surface area contributed by atoms with Crippen molar-refractivity contribution >= 4 is 46.4 Å². The van der Waals surface area contributed by atoms with Gasteiger partial charge in [0.2, 0.25) is 11.8 Å². The van der Waals surface area contributed by atoms with Crippen molar-refractivity contribution in [2.45, 2.75) is 39.0 Å². The number of ether oxygens (including phenoxy) is 1. The fraction of sp³-hybridized carbons (Fsp3) is 0.292. The summed E-state index contributed by atoms with van der Waals surface area (Å²) in [7, 11) is 0. The minimum atomic E-state index is -0.712. The fourth-order valence-corrected chi connectivity index (χ4v) is 5.11. The van der Waals surface area contributed by atoms with Crippen LogP contribution in [0.1, 0.15) is 42.3 Å². The third-order valence-corrected chi connectivity index (χ3v) is 6.65. The van der Waals surface area contributed by atoms with Gasteiger partial charge in [-0.05, 0) is 63.6 Å². The predicted molar refractivity (Wildman–Crippen MR) is 130 cm³/mol. The quantitative estimate of drug-likeness (QED) is 0.497. The molecule has 0 fully saturated rings. The van der Waals surface area contributed by atoms with Crippen LogP contribution in [0.5, 0.6) is 5.88 Å². The van der Waals surface area contributed by atoms with Crippen LogP contribution in [0.25, 0.3) is 0 Å². The lowest BCUT2D eigenvalue weighted by Crippen LogP contribution is -2.46. The molecule has 1 unspecified atom stereocenters. The van der Waals surface area contributed by atoms with Gasteiger partial charge in [0.25, 0.3) is 5.91 Å². The van der Waals surface area contributed by atoms with Crippen molar-refractivity contribution in [1.82, 2.24) is 15.3 Å². The summed E-state index contributed by atoms with van der Waals surface area (Å²) < 4.78 is 20.9. The van der Waals surface area contributed by atoms with E-state index in [1.807, 2.05) is 19.9 Å². The molecule has 0 bridgehead atoms. The van der Waals surface area contributed by atoms with E-state index in [-0.39, 0.29) is 29.1 Å². The van der Waals surface area contributed by atoms with E-state index in [4.69, 9.17) is 27.9 Å². The van der Waals surface area contributed by atoms with E-state index < -0.39 is 11.8 Å². The summed E-state index contributed by atoms with van der Waals surface area (Å²) in [5.41, 5.74) is 2.20. The molecule has 2 aliphatic rings. The summed E-state index contributed by atoms with van der Waals surface area (Å²) in [5.74, 6) is -0.374. The number of carbonyl (C=O) groups excluding carboxylic acids is 1. The van der Waals surface area contributed by atoms with E-state index in [9.17, 15) is 9.18 Å². The van der Waals surface area contributed by atoms with Gasteiger partial charge in [-0.25, -0.2) is 9.37 Å². The van der Waals surface area contributed by atoms with Gasteiger partial charge in [0.1, 0.15) is 11.4 Å². The fourth-order valence-electron chi connectivity index (χ4n) is 4.53. The van der Waals surface area contributed by atoms with Crippen molar-refractivity contribution in [1.29, 1.82) is 0 Å². The molecule has 1 amide bonds. The first kappa shape index (κ1) is 22.8. The molecule has 3 heterocycles. The Morgan fingerprint density at radius 1 is 1.26 bits per heavy atom. The second-order valence-electron chi connectivity index (χ2n) is 8.79. The SMILES string of the molecule is CC1Oc2nc(Nc3cc(F)c4c(c3)CCNC4(C)C)ncc2C(=O)N1c1c(Cl)cccc1Cl. The van der Waals surface area contributed by atoms with Gasteiger partial charge in [-0.3, -0.25) is 9.69 Å². The molecule has 1 aromatic heterocycles. The van der Waals surface area contributed by atoms with Crippen LogP contribution >= 0.6 is 23.2 Å². The van der Waals surface area contributed by atoms with Crippen molar-refractivity contribution in [3.8, 4) is 5.88 Å². The molecule has 0 spiro atoms. The number of benzene rings is 2.